The summed E-state index contributed by atoms with van der Waals surface area (Å²) in [5, 5.41) is 3.12. The summed E-state index contributed by atoms with van der Waals surface area (Å²) in [6.07, 6.45) is 6.93. The summed E-state index contributed by atoms with van der Waals surface area (Å²) < 4.78 is 11.4. The van der Waals surface area contributed by atoms with Crippen LogP contribution in [-0.4, -0.2) is 38.8 Å². The third kappa shape index (κ3) is 4.41. The summed E-state index contributed by atoms with van der Waals surface area (Å²) in [5.41, 5.74) is 2.03. The SMILES string of the molecule is CCCCc1cc2c(cc1NC(=O)C[NH+]1CCCCC1)OCCO2. The first-order valence-corrected chi connectivity index (χ1v) is 9.32. The Morgan fingerprint density at radius 3 is 2.54 bits per heavy atom. The minimum atomic E-state index is 0.0985. The van der Waals surface area contributed by atoms with Gasteiger partial charge in [-0.1, -0.05) is 13.3 Å². The number of hydrogen-bond donors (Lipinski definition) is 2. The molecular formula is C19H29N2O3+. The predicted molar refractivity (Wildman–Crippen MR) is 94.1 cm³/mol. The Morgan fingerprint density at radius 1 is 1.12 bits per heavy atom. The summed E-state index contributed by atoms with van der Waals surface area (Å²) in [4.78, 5) is 13.9. The van der Waals surface area contributed by atoms with E-state index in [1.165, 1.54) is 24.2 Å². The molecule has 0 aliphatic carbocycles. The average Bonchev–Trinajstić information content (AvgIpc) is 2.60. The fourth-order valence-corrected chi connectivity index (χ4v) is 3.47. The van der Waals surface area contributed by atoms with Gasteiger partial charge in [0, 0.05) is 11.8 Å². The molecule has 2 heterocycles. The van der Waals surface area contributed by atoms with E-state index in [4.69, 9.17) is 9.47 Å². The highest BCUT2D eigenvalue weighted by Gasteiger charge is 2.20. The lowest BCUT2D eigenvalue weighted by Gasteiger charge is -2.24. The largest absolute Gasteiger partial charge is 0.486 e. The van der Waals surface area contributed by atoms with E-state index >= 15 is 0 Å². The van der Waals surface area contributed by atoms with E-state index in [0.29, 0.717) is 19.8 Å². The highest BCUT2D eigenvalue weighted by Crippen LogP contribution is 2.36. The molecule has 0 bridgehead atoms. The van der Waals surface area contributed by atoms with Gasteiger partial charge in [-0.2, -0.15) is 0 Å². The molecule has 132 valence electrons. The second-order valence-corrected chi connectivity index (χ2v) is 6.79. The van der Waals surface area contributed by atoms with E-state index in [1.807, 2.05) is 12.1 Å². The standard InChI is InChI=1S/C19H28N2O3/c1-2-3-7-15-12-17-18(24-11-10-23-17)13-16(15)20-19(22)14-21-8-5-4-6-9-21/h12-13H,2-11,14H2,1H3,(H,20,22)/p+1. The molecule has 1 saturated heterocycles. The van der Waals surface area contributed by atoms with Gasteiger partial charge in [-0.05, 0) is 43.7 Å². The third-order valence-corrected chi connectivity index (χ3v) is 4.81. The number of quaternary nitrogens is 1. The number of benzene rings is 1. The molecule has 5 nitrogen and oxygen atoms in total. The average molecular weight is 333 g/mol. The van der Waals surface area contributed by atoms with Gasteiger partial charge in [0.2, 0.25) is 0 Å². The Hall–Kier alpha value is -1.75. The van der Waals surface area contributed by atoms with Crippen molar-refractivity contribution in [1.29, 1.82) is 0 Å². The number of aryl methyl sites for hydroxylation is 1. The minimum Gasteiger partial charge on any atom is -0.486 e. The molecule has 5 heteroatoms. The van der Waals surface area contributed by atoms with Crippen molar-refractivity contribution in [3.63, 3.8) is 0 Å². The number of rotatable bonds is 6. The molecule has 24 heavy (non-hydrogen) atoms. The lowest BCUT2D eigenvalue weighted by atomic mass is 10.0. The Balaban J connectivity index is 1.70. The van der Waals surface area contributed by atoms with Gasteiger partial charge in [0.1, 0.15) is 13.2 Å². The summed E-state index contributed by atoms with van der Waals surface area (Å²) in [7, 11) is 0. The topological polar surface area (TPSA) is 52.0 Å². The van der Waals surface area contributed by atoms with Crippen molar-refractivity contribution in [2.45, 2.75) is 45.4 Å². The number of carbonyl (C=O) groups is 1. The first kappa shape index (κ1) is 17.1. The number of amides is 1. The third-order valence-electron chi connectivity index (χ3n) is 4.81. The van der Waals surface area contributed by atoms with Gasteiger partial charge in [0.15, 0.2) is 18.0 Å². The molecule has 0 spiro atoms. The van der Waals surface area contributed by atoms with Crippen molar-refractivity contribution in [3.05, 3.63) is 17.7 Å². The van der Waals surface area contributed by atoms with Crippen LogP contribution in [0.25, 0.3) is 0 Å². The van der Waals surface area contributed by atoms with Crippen LogP contribution in [0.3, 0.4) is 0 Å². The second-order valence-electron chi connectivity index (χ2n) is 6.79. The van der Waals surface area contributed by atoms with E-state index in [9.17, 15) is 4.79 Å². The summed E-state index contributed by atoms with van der Waals surface area (Å²) >= 11 is 0. The first-order valence-electron chi connectivity index (χ1n) is 9.32. The van der Waals surface area contributed by atoms with Crippen molar-refractivity contribution in [3.8, 4) is 11.5 Å². The van der Waals surface area contributed by atoms with Crippen molar-refractivity contribution < 1.29 is 19.2 Å². The molecule has 1 aromatic carbocycles. The highest BCUT2D eigenvalue weighted by atomic mass is 16.6. The molecule has 2 N–H and O–H groups in total. The number of carbonyl (C=O) groups excluding carboxylic acids is 1. The summed E-state index contributed by atoms with van der Waals surface area (Å²) in [5.74, 6) is 1.63. The Morgan fingerprint density at radius 2 is 1.83 bits per heavy atom. The van der Waals surface area contributed by atoms with Crippen molar-refractivity contribution in [2.24, 2.45) is 0 Å². The normalized spacial score (nSPS) is 17.5. The maximum Gasteiger partial charge on any atom is 0.279 e. The zero-order chi connectivity index (χ0) is 16.8. The molecular weight excluding hydrogens is 304 g/mol. The molecule has 0 saturated carbocycles. The van der Waals surface area contributed by atoms with Crippen LogP contribution in [0.2, 0.25) is 0 Å². The number of fused-ring (bicyclic) bond motifs is 1. The van der Waals surface area contributed by atoms with Gasteiger partial charge in [-0.15, -0.1) is 0 Å². The number of nitrogens with one attached hydrogen (secondary N) is 2. The molecule has 1 fully saturated rings. The second kappa shape index (κ2) is 8.38. The zero-order valence-electron chi connectivity index (χ0n) is 14.7. The van der Waals surface area contributed by atoms with Crippen LogP contribution in [0.4, 0.5) is 5.69 Å². The molecule has 1 amide bonds. The molecule has 3 rings (SSSR count). The number of unbranched alkanes of at least 4 members (excludes halogenated alkanes) is 1. The Kier molecular flexibility index (Phi) is 5.96. The molecule has 0 unspecified atom stereocenters. The monoisotopic (exact) mass is 333 g/mol. The molecule has 0 aromatic heterocycles. The fraction of sp³-hybridized carbons (Fsp3) is 0.632. The van der Waals surface area contributed by atoms with Gasteiger partial charge in [-0.3, -0.25) is 4.79 Å². The summed E-state index contributed by atoms with van der Waals surface area (Å²) in [6, 6.07) is 3.97. The highest BCUT2D eigenvalue weighted by molar-refractivity contribution is 5.92. The minimum absolute atomic E-state index is 0.0985. The lowest BCUT2D eigenvalue weighted by Crippen LogP contribution is -3.13. The number of likely N-dealkylation sites (tertiary alicyclic amines) is 1. The molecule has 0 atom stereocenters. The number of anilines is 1. The molecule has 2 aliphatic rings. The van der Waals surface area contributed by atoms with Gasteiger partial charge in [0.05, 0.1) is 13.1 Å². The van der Waals surface area contributed by atoms with Gasteiger partial charge >= 0.3 is 0 Å². The zero-order valence-corrected chi connectivity index (χ0v) is 14.7. The van der Waals surface area contributed by atoms with E-state index in [2.05, 4.69) is 12.2 Å². The molecule has 1 aromatic rings. The van der Waals surface area contributed by atoms with Crippen LogP contribution in [-0.2, 0) is 11.2 Å². The van der Waals surface area contributed by atoms with Crippen molar-refractivity contribution >= 4 is 11.6 Å². The molecule has 2 aliphatic heterocycles. The van der Waals surface area contributed by atoms with E-state index in [1.54, 1.807) is 0 Å². The van der Waals surface area contributed by atoms with Crippen molar-refractivity contribution in [1.82, 2.24) is 0 Å². The van der Waals surface area contributed by atoms with Crippen molar-refractivity contribution in [2.75, 3.05) is 38.2 Å². The summed E-state index contributed by atoms with van der Waals surface area (Å²) in [6.45, 7) is 6.10. The Bertz CT molecular complexity index is 568. The number of piperidine rings is 1. The quantitative estimate of drug-likeness (QED) is 0.835. The lowest BCUT2D eigenvalue weighted by molar-refractivity contribution is -0.896. The first-order chi connectivity index (χ1) is 11.8. The van der Waals surface area contributed by atoms with Crippen LogP contribution < -0.4 is 19.7 Å². The predicted octanol–water partition coefficient (Wildman–Crippen LogP) is 1.81. The van der Waals surface area contributed by atoms with Crippen LogP contribution in [0.15, 0.2) is 12.1 Å². The number of hydrogen-bond acceptors (Lipinski definition) is 3. The van der Waals surface area contributed by atoms with E-state index in [0.717, 1.165) is 55.1 Å². The van der Waals surface area contributed by atoms with Crippen LogP contribution in [0.5, 0.6) is 11.5 Å². The van der Waals surface area contributed by atoms with Gasteiger partial charge in [-0.25, -0.2) is 0 Å². The number of ether oxygens (including phenoxy) is 2. The maximum atomic E-state index is 12.5. The molecule has 0 radical (unpaired) electrons. The van der Waals surface area contributed by atoms with Crippen LogP contribution in [0, 0.1) is 0 Å². The Labute approximate surface area is 144 Å². The fourth-order valence-electron chi connectivity index (χ4n) is 3.47. The van der Waals surface area contributed by atoms with Gasteiger partial charge < -0.3 is 19.7 Å². The smallest absolute Gasteiger partial charge is 0.279 e. The van der Waals surface area contributed by atoms with Crippen LogP contribution >= 0.6 is 0 Å². The van der Waals surface area contributed by atoms with Crippen LogP contribution in [0.1, 0.15) is 44.6 Å². The van der Waals surface area contributed by atoms with E-state index < -0.39 is 0 Å². The van der Waals surface area contributed by atoms with Gasteiger partial charge in [0.25, 0.3) is 5.91 Å². The van der Waals surface area contributed by atoms with E-state index in [-0.39, 0.29) is 5.91 Å². The maximum absolute atomic E-state index is 12.5.